The van der Waals surface area contributed by atoms with Crippen LogP contribution in [0, 0.1) is 6.92 Å². The van der Waals surface area contributed by atoms with Gasteiger partial charge in [-0.05, 0) is 57.0 Å². The molecule has 1 aliphatic heterocycles. The van der Waals surface area contributed by atoms with Crippen LogP contribution in [0.5, 0.6) is 0 Å². The second-order valence-corrected chi connectivity index (χ2v) is 9.99. The van der Waals surface area contributed by atoms with E-state index in [4.69, 9.17) is 14.2 Å². The summed E-state index contributed by atoms with van der Waals surface area (Å²) in [4.78, 5) is 27.6. The minimum atomic E-state index is -0.546. The summed E-state index contributed by atoms with van der Waals surface area (Å²) < 4.78 is 17.2. The van der Waals surface area contributed by atoms with Gasteiger partial charge in [-0.1, -0.05) is 42.0 Å². The molecule has 3 aromatic carbocycles. The highest BCUT2D eigenvalue weighted by Crippen LogP contribution is 2.39. The fourth-order valence-corrected chi connectivity index (χ4v) is 5.85. The maximum atomic E-state index is 13.8. The molecular weight excluding hydrogens is 442 g/mol. The minimum absolute atomic E-state index is 0.00249. The van der Waals surface area contributed by atoms with Crippen LogP contribution in [-0.4, -0.2) is 49.3 Å². The van der Waals surface area contributed by atoms with Gasteiger partial charge in [0.05, 0.1) is 23.3 Å². The Morgan fingerprint density at radius 3 is 2.54 bits per heavy atom. The molecule has 4 atom stereocenters. The van der Waals surface area contributed by atoms with Gasteiger partial charge in [-0.15, -0.1) is 0 Å². The van der Waals surface area contributed by atoms with Crippen LogP contribution in [0.4, 0.5) is 5.69 Å². The first-order valence-electron chi connectivity index (χ1n) is 12.0. The van der Waals surface area contributed by atoms with E-state index in [9.17, 15) is 9.59 Å². The zero-order chi connectivity index (χ0) is 24.9. The molecule has 1 fully saturated rings. The number of fused-ring (bicyclic) bond motifs is 4. The molecule has 0 saturated carbocycles. The summed E-state index contributed by atoms with van der Waals surface area (Å²) in [5, 5.41) is 5.36. The number of carbonyl (C=O) groups excluding carboxylic acids is 2. The molecule has 6 heteroatoms. The number of carbonyl (C=O) groups is 2. The number of anilines is 1. The first-order valence-corrected chi connectivity index (χ1v) is 12.0. The molecule has 1 saturated heterocycles. The van der Waals surface area contributed by atoms with Gasteiger partial charge in [-0.3, -0.25) is 9.59 Å². The molecule has 35 heavy (non-hydrogen) atoms. The van der Waals surface area contributed by atoms with Gasteiger partial charge in [-0.25, -0.2) is 0 Å². The summed E-state index contributed by atoms with van der Waals surface area (Å²) in [6, 6.07) is 15.1. The van der Waals surface area contributed by atoms with Crippen molar-refractivity contribution in [1.82, 2.24) is 0 Å². The Kier molecular flexibility index (Phi) is 5.99. The predicted octanol–water partition coefficient (Wildman–Crippen LogP) is 5.28. The van der Waals surface area contributed by atoms with Crippen LogP contribution in [0.15, 0.2) is 48.5 Å². The van der Waals surface area contributed by atoms with Gasteiger partial charge >= 0.3 is 0 Å². The average Bonchev–Trinajstić information content (AvgIpc) is 2.81. The van der Waals surface area contributed by atoms with Crippen LogP contribution in [0.3, 0.4) is 0 Å². The van der Waals surface area contributed by atoms with Crippen molar-refractivity contribution in [2.24, 2.45) is 0 Å². The van der Waals surface area contributed by atoms with Crippen molar-refractivity contribution in [2.45, 2.75) is 58.0 Å². The van der Waals surface area contributed by atoms with Gasteiger partial charge in [0.25, 0.3) is 0 Å². The number of rotatable bonds is 5. The van der Waals surface area contributed by atoms with E-state index in [1.807, 2.05) is 57.2 Å². The van der Waals surface area contributed by atoms with Gasteiger partial charge in [0.15, 0.2) is 11.6 Å². The third-order valence-electron chi connectivity index (χ3n) is 7.18. The summed E-state index contributed by atoms with van der Waals surface area (Å²) in [6.45, 7) is 8.23. The molecule has 3 aromatic rings. The van der Waals surface area contributed by atoms with E-state index in [1.165, 1.54) is 0 Å². The zero-order valence-corrected chi connectivity index (χ0v) is 20.8. The third-order valence-corrected chi connectivity index (χ3v) is 7.18. The van der Waals surface area contributed by atoms with Gasteiger partial charge in [-0.2, -0.15) is 0 Å². The molecule has 182 valence electrons. The highest BCUT2D eigenvalue weighted by molar-refractivity contribution is 6.33. The topological polar surface area (TPSA) is 73.9 Å². The molecule has 0 bridgehead atoms. The van der Waals surface area contributed by atoms with Gasteiger partial charge in [0, 0.05) is 29.5 Å². The Balaban J connectivity index is 1.59. The van der Waals surface area contributed by atoms with Crippen molar-refractivity contribution in [2.75, 3.05) is 19.2 Å². The van der Waals surface area contributed by atoms with Crippen LogP contribution in [0.2, 0.25) is 0 Å². The molecular formula is C29H31NO5. The molecule has 1 heterocycles. The molecule has 1 N–H and O–H groups in total. The van der Waals surface area contributed by atoms with E-state index in [1.54, 1.807) is 19.2 Å². The summed E-state index contributed by atoms with van der Waals surface area (Å²) >= 11 is 0. The molecule has 1 aliphatic carbocycles. The molecule has 0 aromatic heterocycles. The van der Waals surface area contributed by atoms with E-state index in [-0.39, 0.29) is 36.7 Å². The SMILES string of the molecule is COCO[C@H]1[C@H](C)O[C@@H](C)C[C@@]1(C)Nc1cccc2c1C(=O)c1ccc3cc(C)ccc3c1C2=O. The monoisotopic (exact) mass is 473 g/mol. The van der Waals surface area contributed by atoms with Crippen LogP contribution in [0.25, 0.3) is 10.8 Å². The van der Waals surface area contributed by atoms with Crippen LogP contribution in [0.1, 0.15) is 64.6 Å². The lowest BCUT2D eigenvalue weighted by atomic mass is 9.79. The number of aryl methyl sites for hydroxylation is 1. The highest BCUT2D eigenvalue weighted by atomic mass is 16.7. The number of ketones is 2. The molecule has 2 aliphatic rings. The smallest absolute Gasteiger partial charge is 0.196 e. The largest absolute Gasteiger partial charge is 0.376 e. The van der Waals surface area contributed by atoms with Crippen molar-refractivity contribution in [3.8, 4) is 0 Å². The molecule has 0 amide bonds. The normalized spacial score (nSPS) is 25.9. The van der Waals surface area contributed by atoms with E-state index >= 15 is 0 Å². The summed E-state index contributed by atoms with van der Waals surface area (Å²) in [5.41, 5.74) is 2.95. The number of hydrogen-bond acceptors (Lipinski definition) is 6. The third kappa shape index (κ3) is 3.96. The van der Waals surface area contributed by atoms with Crippen molar-refractivity contribution in [3.05, 3.63) is 76.3 Å². The maximum absolute atomic E-state index is 13.8. The van der Waals surface area contributed by atoms with Crippen LogP contribution in [-0.2, 0) is 14.2 Å². The molecule has 0 spiro atoms. The van der Waals surface area contributed by atoms with E-state index in [0.29, 0.717) is 34.4 Å². The summed E-state index contributed by atoms with van der Waals surface area (Å²) in [7, 11) is 1.59. The Morgan fingerprint density at radius 1 is 1.03 bits per heavy atom. The second kappa shape index (κ2) is 8.86. The zero-order valence-electron chi connectivity index (χ0n) is 20.8. The Labute approximate surface area is 205 Å². The Morgan fingerprint density at radius 2 is 1.77 bits per heavy atom. The summed E-state index contributed by atoms with van der Waals surface area (Å²) in [5.74, 6) is -0.273. The second-order valence-electron chi connectivity index (χ2n) is 9.99. The van der Waals surface area contributed by atoms with Gasteiger partial charge < -0.3 is 19.5 Å². The summed E-state index contributed by atoms with van der Waals surface area (Å²) in [6.07, 6.45) is 0.164. The van der Waals surface area contributed by atoms with E-state index in [2.05, 4.69) is 12.2 Å². The maximum Gasteiger partial charge on any atom is 0.196 e. The lowest BCUT2D eigenvalue weighted by Crippen LogP contribution is -2.59. The lowest BCUT2D eigenvalue weighted by molar-refractivity contribution is -0.185. The molecule has 0 radical (unpaired) electrons. The average molecular weight is 474 g/mol. The van der Waals surface area contributed by atoms with Crippen molar-refractivity contribution >= 4 is 28.0 Å². The first-order chi connectivity index (χ1) is 16.7. The van der Waals surface area contributed by atoms with E-state index < -0.39 is 5.54 Å². The highest BCUT2D eigenvalue weighted by Gasteiger charge is 2.46. The molecule has 5 rings (SSSR count). The number of nitrogens with one attached hydrogen (secondary N) is 1. The van der Waals surface area contributed by atoms with Crippen LogP contribution >= 0.6 is 0 Å². The van der Waals surface area contributed by atoms with Gasteiger partial charge in [0.2, 0.25) is 0 Å². The Hall–Kier alpha value is -3.06. The number of ether oxygens (including phenoxy) is 3. The molecule has 6 nitrogen and oxygen atoms in total. The fraction of sp³-hybridized carbons (Fsp3) is 0.379. The fourth-order valence-electron chi connectivity index (χ4n) is 5.85. The Bertz CT molecular complexity index is 1330. The van der Waals surface area contributed by atoms with Crippen LogP contribution < -0.4 is 5.32 Å². The van der Waals surface area contributed by atoms with Crippen molar-refractivity contribution in [1.29, 1.82) is 0 Å². The molecule has 0 unspecified atom stereocenters. The standard InChI is InChI=1S/C29H31NO5/c1-16-9-11-20-19(13-16)10-12-22-24(20)26(31)21-7-6-8-23(25(21)27(22)32)30-29(4)14-17(2)35-18(3)28(29)34-15-33-5/h6-13,17-18,28,30H,14-15H2,1-5H3/t17-,18-,28-,29+/m0/s1. The van der Waals surface area contributed by atoms with Crippen molar-refractivity contribution in [3.63, 3.8) is 0 Å². The quantitative estimate of drug-likeness (QED) is 0.398. The number of hydrogen-bond donors (Lipinski definition) is 1. The number of benzene rings is 3. The lowest BCUT2D eigenvalue weighted by Gasteiger charge is -2.48. The first kappa shape index (κ1) is 23.7. The predicted molar refractivity (Wildman–Crippen MR) is 135 cm³/mol. The van der Waals surface area contributed by atoms with E-state index in [0.717, 1.165) is 16.3 Å². The van der Waals surface area contributed by atoms with Gasteiger partial charge in [0.1, 0.15) is 12.9 Å². The van der Waals surface area contributed by atoms with Crippen molar-refractivity contribution < 1.29 is 23.8 Å². The minimum Gasteiger partial charge on any atom is -0.376 e. The number of methoxy groups -OCH3 is 1.